The molecule has 142 valence electrons. The average molecular weight is 376 g/mol. The van der Waals surface area contributed by atoms with Crippen LogP contribution in [0.25, 0.3) is 5.57 Å². The van der Waals surface area contributed by atoms with Gasteiger partial charge in [-0.15, -0.1) is 0 Å². The lowest BCUT2D eigenvalue weighted by atomic mass is 10.0. The summed E-state index contributed by atoms with van der Waals surface area (Å²) in [6.07, 6.45) is 0.937. The third-order valence-corrected chi connectivity index (χ3v) is 4.19. The minimum absolute atomic E-state index is 0.293. The van der Waals surface area contributed by atoms with Crippen LogP contribution in [0.4, 0.5) is 0 Å². The summed E-state index contributed by atoms with van der Waals surface area (Å²) in [5.41, 5.74) is 1.94. The van der Waals surface area contributed by atoms with Crippen molar-refractivity contribution in [2.75, 3.05) is 7.11 Å². The lowest BCUT2D eigenvalue weighted by Gasteiger charge is -2.15. The van der Waals surface area contributed by atoms with Crippen LogP contribution in [-0.4, -0.2) is 29.1 Å². The fourth-order valence-corrected chi connectivity index (χ4v) is 2.58. The molecule has 1 unspecified atom stereocenters. The second kappa shape index (κ2) is 8.95. The number of methoxy groups -OCH3 is 1. The quantitative estimate of drug-likeness (QED) is 0.561. The summed E-state index contributed by atoms with van der Waals surface area (Å²) in [5.74, 6) is 3.76. The van der Waals surface area contributed by atoms with Gasteiger partial charge in [0.25, 0.3) is 0 Å². The maximum atomic E-state index is 11.5. The van der Waals surface area contributed by atoms with Crippen LogP contribution < -0.4 is 9.47 Å². The van der Waals surface area contributed by atoms with Gasteiger partial charge in [0.2, 0.25) is 11.8 Å². The Kier molecular flexibility index (Phi) is 6.17. The first-order valence-corrected chi connectivity index (χ1v) is 8.73. The molecule has 0 radical (unpaired) electrons. The Balaban J connectivity index is 1.87. The molecule has 2 aromatic carbocycles. The Morgan fingerprint density at radius 3 is 2.21 bits per heavy atom. The molecule has 0 spiro atoms. The highest BCUT2D eigenvalue weighted by Crippen LogP contribution is 2.32. The first-order valence-electron chi connectivity index (χ1n) is 8.73. The van der Waals surface area contributed by atoms with Gasteiger partial charge in [0.05, 0.1) is 17.7 Å². The second-order valence-corrected chi connectivity index (χ2v) is 6.05. The Hall–Kier alpha value is -3.47. The summed E-state index contributed by atoms with van der Waals surface area (Å²) < 4.78 is 17.0. The number of aromatic nitrogens is 2. The molecular formula is C22H20N2O4. The average Bonchev–Trinajstić information content (AvgIpc) is 2.71. The van der Waals surface area contributed by atoms with E-state index in [1.165, 1.54) is 13.4 Å². The molecule has 0 fully saturated rings. The van der Waals surface area contributed by atoms with Gasteiger partial charge >= 0.3 is 0 Å². The lowest BCUT2D eigenvalue weighted by Crippen LogP contribution is -2.09. The van der Waals surface area contributed by atoms with Crippen LogP contribution in [0.3, 0.4) is 0 Å². The van der Waals surface area contributed by atoms with Crippen LogP contribution in [0.5, 0.6) is 23.3 Å². The molecule has 0 aliphatic heterocycles. The molecule has 0 aliphatic carbocycles. The lowest BCUT2D eigenvalue weighted by molar-refractivity contribution is 0.164. The Labute approximate surface area is 163 Å². The molecule has 0 aliphatic rings. The summed E-state index contributed by atoms with van der Waals surface area (Å²) in [6, 6.07) is 16.4. The van der Waals surface area contributed by atoms with Crippen molar-refractivity contribution in [1.82, 2.24) is 9.97 Å². The molecule has 6 heteroatoms. The van der Waals surface area contributed by atoms with E-state index in [-0.39, 0.29) is 0 Å². The van der Waals surface area contributed by atoms with Crippen LogP contribution in [-0.2, 0) is 9.53 Å². The van der Waals surface area contributed by atoms with Crippen LogP contribution in [0, 0.1) is 6.92 Å². The molecule has 1 heterocycles. The van der Waals surface area contributed by atoms with Gasteiger partial charge in [0.1, 0.15) is 23.8 Å². The molecule has 28 heavy (non-hydrogen) atoms. The van der Waals surface area contributed by atoms with E-state index in [2.05, 4.69) is 9.97 Å². The Bertz CT molecular complexity index is 1010. The van der Waals surface area contributed by atoms with Crippen molar-refractivity contribution in [2.45, 2.75) is 20.0 Å². The van der Waals surface area contributed by atoms with E-state index in [9.17, 15) is 4.79 Å². The van der Waals surface area contributed by atoms with E-state index in [0.717, 1.165) is 5.56 Å². The predicted octanol–water partition coefficient (Wildman–Crippen LogP) is 4.62. The van der Waals surface area contributed by atoms with E-state index < -0.39 is 6.10 Å². The minimum atomic E-state index is -0.424. The SMILES string of the molecule is COC(C)C(=C=O)c1ccccc1Oc1cc(Oc2ccccc2C)ncn1. The van der Waals surface area contributed by atoms with Gasteiger partial charge in [-0.2, -0.15) is 0 Å². The molecule has 3 aromatic rings. The molecule has 0 saturated carbocycles. The molecule has 6 nitrogen and oxygen atoms in total. The standard InChI is InChI=1S/C22H20N2O4/c1-15-8-4-6-10-19(15)27-21-12-22(24-14-23-21)28-20-11-7-5-9-17(20)18(13-25)16(2)26-3/h4-12,14,16H,1-3H3. The highest BCUT2D eigenvalue weighted by molar-refractivity contribution is 5.91. The van der Waals surface area contributed by atoms with Gasteiger partial charge in [-0.25, -0.2) is 14.8 Å². The first kappa shape index (κ1) is 19.3. The molecule has 0 saturated heterocycles. The van der Waals surface area contributed by atoms with Gasteiger partial charge in [0.15, 0.2) is 0 Å². The van der Waals surface area contributed by atoms with E-state index in [1.54, 1.807) is 25.1 Å². The van der Waals surface area contributed by atoms with E-state index in [4.69, 9.17) is 14.2 Å². The normalized spacial score (nSPS) is 11.4. The van der Waals surface area contributed by atoms with Crippen LogP contribution in [0.15, 0.2) is 60.9 Å². The number of ether oxygens (including phenoxy) is 3. The number of benzene rings is 2. The summed E-state index contributed by atoms with van der Waals surface area (Å²) in [5, 5.41) is 0. The molecule has 0 bridgehead atoms. The van der Waals surface area contributed by atoms with Crippen LogP contribution >= 0.6 is 0 Å². The zero-order valence-corrected chi connectivity index (χ0v) is 15.9. The van der Waals surface area contributed by atoms with Crippen molar-refractivity contribution in [3.8, 4) is 23.3 Å². The zero-order chi connectivity index (χ0) is 19.9. The van der Waals surface area contributed by atoms with Crippen molar-refractivity contribution in [2.24, 2.45) is 0 Å². The summed E-state index contributed by atoms with van der Waals surface area (Å²) >= 11 is 0. The van der Waals surface area contributed by atoms with Crippen LogP contribution in [0.1, 0.15) is 18.1 Å². The van der Waals surface area contributed by atoms with Gasteiger partial charge in [-0.3, -0.25) is 0 Å². The van der Waals surface area contributed by atoms with Gasteiger partial charge in [-0.05, 0) is 31.5 Å². The fraction of sp³-hybridized carbons (Fsp3) is 0.182. The van der Waals surface area contributed by atoms with Crippen molar-refractivity contribution < 1.29 is 19.0 Å². The number of hydrogen-bond donors (Lipinski definition) is 0. The number of carbonyl (C=O) groups excluding carboxylic acids is 1. The van der Waals surface area contributed by atoms with E-state index >= 15 is 0 Å². The number of rotatable bonds is 7. The van der Waals surface area contributed by atoms with E-state index in [1.807, 2.05) is 49.3 Å². The second-order valence-electron chi connectivity index (χ2n) is 6.05. The zero-order valence-electron chi connectivity index (χ0n) is 15.9. The minimum Gasteiger partial charge on any atom is -0.439 e. The topological polar surface area (TPSA) is 70.5 Å². The number of nitrogens with zero attached hydrogens (tertiary/aromatic N) is 2. The Morgan fingerprint density at radius 1 is 0.964 bits per heavy atom. The maximum Gasteiger partial charge on any atom is 0.226 e. The smallest absolute Gasteiger partial charge is 0.226 e. The molecule has 0 N–H and O–H groups in total. The maximum absolute atomic E-state index is 11.5. The highest BCUT2D eigenvalue weighted by Gasteiger charge is 2.17. The molecular weight excluding hydrogens is 356 g/mol. The van der Waals surface area contributed by atoms with Crippen molar-refractivity contribution in [3.63, 3.8) is 0 Å². The fourth-order valence-electron chi connectivity index (χ4n) is 2.58. The molecule has 1 atom stereocenters. The summed E-state index contributed by atoms with van der Waals surface area (Å²) in [6.45, 7) is 3.73. The predicted molar refractivity (Wildman–Crippen MR) is 105 cm³/mol. The van der Waals surface area contributed by atoms with Crippen molar-refractivity contribution in [1.29, 1.82) is 0 Å². The largest absolute Gasteiger partial charge is 0.439 e. The van der Waals surface area contributed by atoms with Gasteiger partial charge < -0.3 is 14.2 Å². The van der Waals surface area contributed by atoms with Gasteiger partial charge in [0, 0.05) is 12.7 Å². The van der Waals surface area contributed by atoms with Crippen molar-refractivity contribution in [3.05, 3.63) is 72.1 Å². The monoisotopic (exact) mass is 376 g/mol. The number of aryl methyl sites for hydroxylation is 1. The first-order chi connectivity index (χ1) is 13.6. The van der Waals surface area contributed by atoms with Crippen LogP contribution in [0.2, 0.25) is 0 Å². The Morgan fingerprint density at radius 2 is 1.57 bits per heavy atom. The summed E-state index contributed by atoms with van der Waals surface area (Å²) in [4.78, 5) is 19.7. The third kappa shape index (κ3) is 4.43. The highest BCUT2D eigenvalue weighted by atomic mass is 16.5. The van der Waals surface area contributed by atoms with E-state index in [0.29, 0.717) is 34.4 Å². The number of hydrogen-bond acceptors (Lipinski definition) is 6. The number of para-hydroxylation sites is 2. The third-order valence-electron chi connectivity index (χ3n) is 4.19. The molecule has 1 aromatic heterocycles. The van der Waals surface area contributed by atoms with Crippen molar-refractivity contribution >= 4 is 11.5 Å². The molecule has 3 rings (SSSR count). The summed E-state index contributed by atoms with van der Waals surface area (Å²) in [7, 11) is 1.53. The molecule has 0 amide bonds. The van der Waals surface area contributed by atoms with Gasteiger partial charge in [-0.1, -0.05) is 36.4 Å².